The molecule has 0 aliphatic heterocycles. The van der Waals surface area contributed by atoms with Gasteiger partial charge in [0.1, 0.15) is 11.3 Å². The van der Waals surface area contributed by atoms with E-state index in [-0.39, 0.29) is 19.6 Å². The Morgan fingerprint density at radius 3 is 2.30 bits per heavy atom. The first-order valence-corrected chi connectivity index (χ1v) is 5.98. The Kier molecular flexibility index (Phi) is 6.70. The second-order valence-corrected chi connectivity index (χ2v) is 4.64. The molecule has 116 valence electrons. The number of rotatable bonds is 7. The van der Waals surface area contributed by atoms with Crippen molar-refractivity contribution in [2.45, 2.75) is 39.0 Å². The zero-order chi connectivity index (χ0) is 16.0. The number of carbonyl (C=O) groups is 1. The Bertz CT molecular complexity index is 384. The standard InChI is InChI=1S/C12H19F3N2O3/c1-4-20-10(18)8(7-16)9(12(13,14)15)17-6-5-11(2,3)19/h7,16-17,19H,4-6H2,1-3H3/b9-8+,16-7?. The molecule has 0 aromatic heterocycles. The summed E-state index contributed by atoms with van der Waals surface area (Å²) in [6.07, 6.45) is -4.47. The molecule has 0 atom stereocenters. The van der Waals surface area contributed by atoms with Crippen molar-refractivity contribution in [1.29, 1.82) is 5.41 Å². The number of nitrogens with one attached hydrogen (secondary N) is 2. The Hall–Kier alpha value is -1.57. The van der Waals surface area contributed by atoms with Crippen molar-refractivity contribution < 1.29 is 27.8 Å². The van der Waals surface area contributed by atoms with Crippen molar-refractivity contribution in [2.24, 2.45) is 0 Å². The van der Waals surface area contributed by atoms with E-state index < -0.39 is 29.0 Å². The average molecular weight is 296 g/mol. The van der Waals surface area contributed by atoms with Crippen LogP contribution >= 0.6 is 0 Å². The fourth-order valence-electron chi connectivity index (χ4n) is 1.28. The molecular weight excluding hydrogens is 277 g/mol. The molecule has 0 saturated carbocycles. The lowest BCUT2D eigenvalue weighted by atomic mass is 10.1. The van der Waals surface area contributed by atoms with E-state index in [4.69, 9.17) is 5.41 Å². The Morgan fingerprint density at radius 1 is 1.40 bits per heavy atom. The van der Waals surface area contributed by atoms with E-state index in [1.54, 1.807) is 0 Å². The number of alkyl halides is 3. The van der Waals surface area contributed by atoms with Crippen LogP contribution in [0.4, 0.5) is 13.2 Å². The topological polar surface area (TPSA) is 82.4 Å². The zero-order valence-electron chi connectivity index (χ0n) is 11.6. The van der Waals surface area contributed by atoms with Crippen LogP contribution in [0.15, 0.2) is 11.3 Å². The lowest BCUT2D eigenvalue weighted by molar-refractivity contribution is -0.139. The summed E-state index contributed by atoms with van der Waals surface area (Å²) in [7, 11) is 0. The predicted octanol–water partition coefficient (Wildman–Crippen LogP) is 1.77. The van der Waals surface area contributed by atoms with Gasteiger partial charge in [0.25, 0.3) is 0 Å². The minimum atomic E-state index is -4.82. The summed E-state index contributed by atoms with van der Waals surface area (Å²) in [5.41, 5.74) is -3.37. The number of esters is 1. The van der Waals surface area contributed by atoms with E-state index in [0.29, 0.717) is 6.21 Å². The van der Waals surface area contributed by atoms with Crippen molar-refractivity contribution in [3.63, 3.8) is 0 Å². The van der Waals surface area contributed by atoms with Gasteiger partial charge >= 0.3 is 12.1 Å². The highest BCUT2D eigenvalue weighted by Gasteiger charge is 2.38. The van der Waals surface area contributed by atoms with Crippen LogP contribution in [0.1, 0.15) is 27.2 Å². The van der Waals surface area contributed by atoms with E-state index in [2.05, 4.69) is 4.74 Å². The summed E-state index contributed by atoms with van der Waals surface area (Å²) in [5, 5.41) is 18.5. The SMILES string of the molecule is CCOC(=O)/C(C=N)=C(/NCCC(C)(C)O)C(F)(F)F. The van der Waals surface area contributed by atoms with Crippen molar-refractivity contribution in [3.05, 3.63) is 11.3 Å². The molecule has 0 heterocycles. The van der Waals surface area contributed by atoms with Gasteiger partial charge < -0.3 is 20.6 Å². The molecule has 0 aromatic carbocycles. The third kappa shape index (κ3) is 6.55. The third-order valence-corrected chi connectivity index (χ3v) is 2.23. The zero-order valence-corrected chi connectivity index (χ0v) is 11.6. The lowest BCUT2D eigenvalue weighted by Crippen LogP contribution is -2.34. The number of aliphatic hydroxyl groups is 1. The average Bonchev–Trinajstić information content (AvgIpc) is 2.25. The first-order valence-electron chi connectivity index (χ1n) is 5.98. The Morgan fingerprint density at radius 2 is 1.95 bits per heavy atom. The van der Waals surface area contributed by atoms with Crippen LogP contribution in [0.5, 0.6) is 0 Å². The van der Waals surface area contributed by atoms with Gasteiger partial charge in [-0.15, -0.1) is 0 Å². The molecule has 0 rings (SSSR count). The summed E-state index contributed by atoms with van der Waals surface area (Å²) in [5.74, 6) is -1.22. The second-order valence-electron chi connectivity index (χ2n) is 4.64. The van der Waals surface area contributed by atoms with Gasteiger partial charge in [0.2, 0.25) is 0 Å². The normalized spacial score (nSPS) is 13.6. The first kappa shape index (κ1) is 18.4. The smallest absolute Gasteiger partial charge is 0.431 e. The number of halogens is 3. The predicted molar refractivity (Wildman–Crippen MR) is 67.4 cm³/mol. The Balaban J connectivity index is 5.21. The summed E-state index contributed by atoms with van der Waals surface area (Å²) in [6.45, 7) is 4.07. The van der Waals surface area contributed by atoms with Gasteiger partial charge in [-0.1, -0.05) is 0 Å². The molecule has 20 heavy (non-hydrogen) atoms. The van der Waals surface area contributed by atoms with Gasteiger partial charge in [-0.05, 0) is 27.2 Å². The number of hydrogen-bond acceptors (Lipinski definition) is 5. The second kappa shape index (κ2) is 7.28. The highest BCUT2D eigenvalue weighted by atomic mass is 19.4. The Labute approximate surface area is 115 Å². The molecule has 0 bridgehead atoms. The van der Waals surface area contributed by atoms with Crippen molar-refractivity contribution >= 4 is 12.2 Å². The van der Waals surface area contributed by atoms with Crippen molar-refractivity contribution in [1.82, 2.24) is 5.32 Å². The maximum atomic E-state index is 12.9. The van der Waals surface area contributed by atoms with Crippen LogP contribution < -0.4 is 5.32 Å². The van der Waals surface area contributed by atoms with Gasteiger partial charge in [-0.25, -0.2) is 4.79 Å². The molecule has 0 aliphatic rings. The fraction of sp³-hybridized carbons (Fsp3) is 0.667. The van der Waals surface area contributed by atoms with Crippen molar-refractivity contribution in [3.8, 4) is 0 Å². The number of allylic oxidation sites excluding steroid dienone is 1. The van der Waals surface area contributed by atoms with E-state index in [1.165, 1.54) is 20.8 Å². The van der Waals surface area contributed by atoms with Crippen molar-refractivity contribution in [2.75, 3.05) is 13.2 Å². The molecule has 0 spiro atoms. The molecule has 0 radical (unpaired) electrons. The molecule has 0 aromatic rings. The van der Waals surface area contributed by atoms with Gasteiger partial charge in [-0.3, -0.25) is 0 Å². The van der Waals surface area contributed by atoms with Gasteiger partial charge in [0.15, 0.2) is 0 Å². The van der Waals surface area contributed by atoms with Gasteiger partial charge in [0.05, 0.1) is 12.2 Å². The summed E-state index contributed by atoms with van der Waals surface area (Å²) in [4.78, 5) is 11.4. The van der Waals surface area contributed by atoms with Crippen LogP contribution in [0, 0.1) is 5.41 Å². The maximum Gasteiger partial charge on any atom is 0.431 e. The molecule has 0 aliphatic carbocycles. The van der Waals surface area contributed by atoms with E-state index in [0.717, 1.165) is 0 Å². The molecule has 8 heteroatoms. The molecular formula is C12H19F3N2O3. The van der Waals surface area contributed by atoms with Crippen LogP contribution in [0.3, 0.4) is 0 Å². The highest BCUT2D eigenvalue weighted by molar-refractivity contribution is 6.09. The summed E-state index contributed by atoms with van der Waals surface area (Å²) < 4.78 is 43.1. The molecule has 0 amide bonds. The van der Waals surface area contributed by atoms with E-state index >= 15 is 0 Å². The minimum Gasteiger partial charge on any atom is -0.462 e. The number of hydrogen-bond donors (Lipinski definition) is 3. The van der Waals surface area contributed by atoms with Crippen LogP contribution in [-0.4, -0.2) is 42.2 Å². The largest absolute Gasteiger partial charge is 0.462 e. The quantitative estimate of drug-likeness (QED) is 0.380. The molecule has 0 saturated heterocycles. The summed E-state index contributed by atoms with van der Waals surface area (Å²) >= 11 is 0. The monoisotopic (exact) mass is 296 g/mol. The van der Waals surface area contributed by atoms with Gasteiger partial charge in [-0.2, -0.15) is 13.2 Å². The number of carbonyl (C=O) groups excluding carboxylic acids is 1. The van der Waals surface area contributed by atoms with Crippen LogP contribution in [0.25, 0.3) is 0 Å². The maximum absolute atomic E-state index is 12.9. The minimum absolute atomic E-state index is 0.0423. The fourth-order valence-corrected chi connectivity index (χ4v) is 1.28. The third-order valence-electron chi connectivity index (χ3n) is 2.23. The highest BCUT2D eigenvalue weighted by Crippen LogP contribution is 2.26. The lowest BCUT2D eigenvalue weighted by Gasteiger charge is -2.21. The molecule has 0 unspecified atom stereocenters. The first-order chi connectivity index (χ1) is 9.03. The van der Waals surface area contributed by atoms with E-state index in [9.17, 15) is 23.1 Å². The molecule has 0 fully saturated rings. The summed E-state index contributed by atoms with van der Waals surface area (Å²) in [6, 6.07) is 0. The van der Waals surface area contributed by atoms with E-state index in [1.807, 2.05) is 5.32 Å². The van der Waals surface area contributed by atoms with Crippen LogP contribution in [0.2, 0.25) is 0 Å². The molecule has 5 nitrogen and oxygen atoms in total. The van der Waals surface area contributed by atoms with Crippen LogP contribution in [-0.2, 0) is 9.53 Å². The number of ether oxygens (including phenoxy) is 1. The molecule has 3 N–H and O–H groups in total. The van der Waals surface area contributed by atoms with Gasteiger partial charge in [0, 0.05) is 12.8 Å².